The number of carbonyl (C=O) groups is 1. The summed E-state index contributed by atoms with van der Waals surface area (Å²) in [5, 5.41) is 0.319. The molecule has 0 N–H and O–H groups in total. The number of halogens is 2. The lowest BCUT2D eigenvalue weighted by Crippen LogP contribution is -2.14. The van der Waals surface area contributed by atoms with Crippen molar-refractivity contribution in [3.05, 3.63) is 63.4 Å². The van der Waals surface area contributed by atoms with E-state index in [1.165, 1.54) is 6.07 Å². The Morgan fingerprint density at radius 2 is 1.96 bits per heavy atom. The summed E-state index contributed by atoms with van der Waals surface area (Å²) < 4.78 is 13.9. The molecule has 0 aliphatic heterocycles. The topological polar surface area (TPSA) is 32.7 Å². The summed E-state index contributed by atoms with van der Waals surface area (Å²) in [6, 6.07) is 8.08. The van der Waals surface area contributed by atoms with Gasteiger partial charge in [0.05, 0.1) is 12.0 Å². The van der Waals surface area contributed by atoms with Crippen molar-refractivity contribution in [1.82, 2.24) is 4.90 Å². The zero-order chi connectivity index (χ0) is 18.6. The maximum Gasteiger partial charge on any atom is 0.167 e. The van der Waals surface area contributed by atoms with Gasteiger partial charge in [-0.2, -0.15) is 0 Å². The smallest absolute Gasteiger partial charge is 0.167 e. The first-order valence-corrected chi connectivity index (χ1v) is 8.52. The lowest BCUT2D eigenvalue weighted by molar-refractivity contribution is 0.0991. The molecule has 0 unspecified atom stereocenters. The van der Waals surface area contributed by atoms with Crippen LogP contribution in [0.25, 0.3) is 0 Å². The van der Waals surface area contributed by atoms with Gasteiger partial charge in [-0.15, -0.1) is 0 Å². The van der Waals surface area contributed by atoms with Gasteiger partial charge in [0.2, 0.25) is 0 Å². The summed E-state index contributed by atoms with van der Waals surface area (Å²) in [4.78, 5) is 19.0. The van der Waals surface area contributed by atoms with Crippen molar-refractivity contribution in [3.63, 3.8) is 0 Å². The molecule has 0 radical (unpaired) electrons. The third kappa shape index (κ3) is 4.89. The van der Waals surface area contributed by atoms with Gasteiger partial charge >= 0.3 is 0 Å². The first-order valence-electron chi connectivity index (χ1n) is 8.14. The molecule has 25 heavy (non-hydrogen) atoms. The van der Waals surface area contributed by atoms with Gasteiger partial charge in [-0.05, 0) is 61.7 Å². The summed E-state index contributed by atoms with van der Waals surface area (Å²) >= 11 is 5.75. The van der Waals surface area contributed by atoms with E-state index in [0.717, 1.165) is 23.4 Å². The summed E-state index contributed by atoms with van der Waals surface area (Å²) in [6.07, 6.45) is 1.77. The van der Waals surface area contributed by atoms with Crippen LogP contribution in [0, 0.1) is 19.7 Å². The Bertz CT molecular complexity index is 818. The van der Waals surface area contributed by atoms with E-state index in [2.05, 4.69) is 4.99 Å². The van der Waals surface area contributed by atoms with Crippen molar-refractivity contribution >= 4 is 29.4 Å². The van der Waals surface area contributed by atoms with Gasteiger partial charge in [-0.1, -0.05) is 17.7 Å². The fourth-order valence-corrected chi connectivity index (χ4v) is 2.57. The second-order valence-electron chi connectivity index (χ2n) is 6.11. The van der Waals surface area contributed by atoms with Crippen molar-refractivity contribution in [2.75, 3.05) is 13.6 Å². The van der Waals surface area contributed by atoms with Gasteiger partial charge in [0, 0.05) is 30.6 Å². The monoisotopic (exact) mass is 360 g/mol. The molecule has 132 valence electrons. The summed E-state index contributed by atoms with van der Waals surface area (Å²) in [7, 11) is 1.95. The lowest BCUT2D eigenvalue weighted by Gasteiger charge is -2.12. The van der Waals surface area contributed by atoms with Gasteiger partial charge < -0.3 is 4.90 Å². The number of nitrogens with zero attached hydrogens (tertiary/aromatic N) is 2. The van der Waals surface area contributed by atoms with Crippen LogP contribution >= 0.6 is 11.6 Å². The Morgan fingerprint density at radius 3 is 2.60 bits per heavy atom. The highest BCUT2D eigenvalue weighted by molar-refractivity contribution is 6.30. The largest absolute Gasteiger partial charge is 0.366 e. The highest BCUT2D eigenvalue weighted by atomic mass is 35.5. The third-order valence-electron chi connectivity index (χ3n) is 4.10. The minimum absolute atomic E-state index is 0.00443. The van der Waals surface area contributed by atoms with Gasteiger partial charge in [-0.25, -0.2) is 9.38 Å². The van der Waals surface area contributed by atoms with Crippen LogP contribution in [-0.2, 0) is 6.42 Å². The van der Waals surface area contributed by atoms with Crippen LogP contribution in [0.5, 0.6) is 0 Å². The normalized spacial score (nSPS) is 11.1. The number of benzene rings is 2. The molecule has 0 fully saturated rings. The Morgan fingerprint density at radius 1 is 1.24 bits per heavy atom. The quantitative estimate of drug-likeness (QED) is 0.406. The van der Waals surface area contributed by atoms with Crippen LogP contribution < -0.4 is 0 Å². The molecule has 0 aliphatic rings. The van der Waals surface area contributed by atoms with E-state index >= 15 is 0 Å². The Kier molecular flexibility index (Phi) is 6.32. The van der Waals surface area contributed by atoms with Gasteiger partial charge in [0.15, 0.2) is 5.78 Å². The number of hydrogen-bond donors (Lipinski definition) is 0. The molecule has 0 bridgehead atoms. The van der Waals surface area contributed by atoms with Crippen LogP contribution in [-0.4, -0.2) is 30.6 Å². The molecule has 0 spiro atoms. The van der Waals surface area contributed by atoms with Gasteiger partial charge in [0.1, 0.15) is 5.82 Å². The molecule has 0 aromatic heterocycles. The first kappa shape index (κ1) is 19.1. The number of hydrogen-bond acceptors (Lipinski definition) is 2. The standard InChI is InChI=1S/C20H22ClFN2O/c1-5-24(4)12-23-19-9-13(2)17(8-14(19)3)20(25)10-15-6-7-16(21)11-18(15)22/h6-9,11-12H,5,10H2,1-4H3. The van der Waals surface area contributed by atoms with Crippen LogP contribution in [0.2, 0.25) is 5.02 Å². The fraction of sp³-hybridized carbons (Fsp3) is 0.300. The van der Waals surface area contributed by atoms with E-state index in [9.17, 15) is 9.18 Å². The van der Waals surface area contributed by atoms with Crippen molar-refractivity contribution in [3.8, 4) is 0 Å². The Labute approximate surface area is 153 Å². The SMILES string of the molecule is CCN(C)C=Nc1cc(C)c(C(=O)Cc2ccc(Cl)cc2F)cc1C. The number of aliphatic imine (C=N–C) groups is 1. The molecule has 5 heteroatoms. The van der Waals surface area contributed by atoms with Crippen molar-refractivity contribution in [2.24, 2.45) is 4.99 Å². The molecule has 0 heterocycles. The first-order chi connectivity index (χ1) is 11.8. The van der Waals surface area contributed by atoms with Crippen molar-refractivity contribution in [1.29, 1.82) is 0 Å². The molecule has 0 atom stereocenters. The number of ketones is 1. The van der Waals surface area contributed by atoms with Gasteiger partial charge in [0.25, 0.3) is 0 Å². The molecule has 2 aromatic rings. The number of aryl methyl sites for hydroxylation is 2. The second kappa shape index (κ2) is 8.26. The van der Waals surface area contributed by atoms with E-state index < -0.39 is 5.82 Å². The van der Waals surface area contributed by atoms with E-state index in [1.54, 1.807) is 18.5 Å². The summed E-state index contributed by atoms with van der Waals surface area (Å²) in [5.41, 5.74) is 3.50. The Hall–Kier alpha value is -2.20. The minimum Gasteiger partial charge on any atom is -0.366 e. The molecule has 0 saturated carbocycles. The molecular weight excluding hydrogens is 339 g/mol. The maximum absolute atomic E-state index is 13.9. The molecule has 0 aliphatic carbocycles. The van der Waals surface area contributed by atoms with Crippen molar-refractivity contribution in [2.45, 2.75) is 27.2 Å². The summed E-state index contributed by atoms with van der Waals surface area (Å²) in [6.45, 7) is 6.69. The third-order valence-corrected chi connectivity index (χ3v) is 4.34. The van der Waals surface area contributed by atoms with E-state index in [1.807, 2.05) is 44.9 Å². The van der Waals surface area contributed by atoms with E-state index in [0.29, 0.717) is 16.1 Å². The number of carbonyl (C=O) groups excluding carboxylic acids is 1. The zero-order valence-corrected chi connectivity index (χ0v) is 15.7. The number of Topliss-reactive ketones (excluding diaryl/α,β-unsaturated/α-hetero) is 1. The maximum atomic E-state index is 13.9. The molecule has 0 saturated heterocycles. The van der Waals surface area contributed by atoms with Gasteiger partial charge in [-0.3, -0.25) is 4.79 Å². The van der Waals surface area contributed by atoms with Crippen LogP contribution in [0.4, 0.5) is 10.1 Å². The fourth-order valence-electron chi connectivity index (χ4n) is 2.42. The predicted octanol–water partition coefficient (Wildman–Crippen LogP) is 5.13. The second-order valence-corrected chi connectivity index (χ2v) is 6.54. The van der Waals surface area contributed by atoms with Crippen LogP contribution in [0.3, 0.4) is 0 Å². The summed E-state index contributed by atoms with van der Waals surface area (Å²) in [5.74, 6) is -0.581. The highest BCUT2D eigenvalue weighted by Crippen LogP contribution is 2.25. The highest BCUT2D eigenvalue weighted by Gasteiger charge is 2.14. The minimum atomic E-state index is -0.459. The molecule has 2 rings (SSSR count). The molecule has 0 amide bonds. The molecular formula is C20H22ClFN2O. The molecule has 3 nitrogen and oxygen atoms in total. The van der Waals surface area contributed by atoms with Crippen LogP contribution in [0.15, 0.2) is 35.3 Å². The average molecular weight is 361 g/mol. The Balaban J connectivity index is 2.25. The van der Waals surface area contributed by atoms with Crippen LogP contribution in [0.1, 0.15) is 34.0 Å². The number of rotatable bonds is 6. The molecule has 2 aromatic carbocycles. The van der Waals surface area contributed by atoms with E-state index in [4.69, 9.17) is 11.6 Å². The lowest BCUT2D eigenvalue weighted by atomic mass is 9.96. The predicted molar refractivity (Wildman–Crippen MR) is 102 cm³/mol. The van der Waals surface area contributed by atoms with E-state index in [-0.39, 0.29) is 12.2 Å². The zero-order valence-electron chi connectivity index (χ0n) is 14.9. The average Bonchev–Trinajstić information content (AvgIpc) is 2.57. The van der Waals surface area contributed by atoms with Crippen molar-refractivity contribution < 1.29 is 9.18 Å².